The van der Waals surface area contributed by atoms with Crippen LogP contribution in [0.5, 0.6) is 0 Å². The van der Waals surface area contributed by atoms with Gasteiger partial charge in [0.05, 0.1) is 0 Å². The fourth-order valence-electron chi connectivity index (χ4n) is 0. The van der Waals surface area contributed by atoms with E-state index < -0.39 is 0 Å². The Balaban J connectivity index is -0.00000000500. The van der Waals surface area contributed by atoms with Gasteiger partial charge in [-0.15, -0.1) is 13.2 Å². The van der Waals surface area contributed by atoms with Crippen LogP contribution in [0, 0.1) is 0 Å². The van der Waals surface area contributed by atoms with Gasteiger partial charge in [0.1, 0.15) is 0 Å². The Kier molecular flexibility index (Phi) is 2170. The Hall–Kier alpha value is 0.232. The second-order valence-corrected chi connectivity index (χ2v) is 0. The monoisotopic (exact) mass is 76.0 g/mol. The minimum absolute atomic E-state index is 0. The molecular weight excluding hydrogens is 67.0 g/mol. The van der Waals surface area contributed by atoms with Crippen LogP contribution in [0.4, 0.5) is 0 Å². The highest BCUT2D eigenvalue weighted by molar-refractivity contribution is 5.75. The van der Waals surface area contributed by atoms with Crippen molar-refractivity contribution in [3.05, 3.63) is 13.2 Å². The summed E-state index contributed by atoms with van der Waals surface area (Å²) in [6, 6.07) is 0. The van der Waals surface area contributed by atoms with Crippen molar-refractivity contribution < 1.29 is 5.48 Å². The largest absolute Gasteiger partial charge is 0.412 e. The molecule has 0 unspecified atom stereocenters. The summed E-state index contributed by atoms with van der Waals surface area (Å²) in [6.45, 7) is 6.00. The van der Waals surface area contributed by atoms with Crippen molar-refractivity contribution in [2.24, 2.45) is 0 Å². The van der Waals surface area contributed by atoms with E-state index >= 15 is 0 Å². The second-order valence-electron chi connectivity index (χ2n) is 0. The summed E-state index contributed by atoms with van der Waals surface area (Å²) in [5.41, 5.74) is 0. The molecule has 0 aliphatic carbocycles. The van der Waals surface area contributed by atoms with Crippen molar-refractivity contribution in [1.82, 2.24) is 0 Å². The summed E-state index contributed by atoms with van der Waals surface area (Å²) in [5, 5.41) is 0. The highest BCUT2D eigenvalue weighted by Crippen LogP contribution is 0.862. The number of hydrogen-bond donors (Lipinski definition) is 0. The van der Waals surface area contributed by atoms with Crippen molar-refractivity contribution in [1.29, 1.82) is 0 Å². The standard InChI is InChI=1S/C2H4.Al.H2O.3H/c1-2;;;;;/h1-2H2;;1H2;;;. The first-order valence-corrected chi connectivity index (χ1v) is 0.500. The predicted molar refractivity (Wildman–Crippen MR) is 24.8 cm³/mol. The molecule has 1 nitrogen and oxygen atoms in total. The topological polar surface area (TPSA) is 31.5 Å². The molecule has 0 rings (SSSR count). The van der Waals surface area contributed by atoms with E-state index in [1.807, 2.05) is 0 Å². The van der Waals surface area contributed by atoms with Crippen LogP contribution in [0.2, 0.25) is 0 Å². The molecule has 0 aliphatic heterocycles. The zero-order chi connectivity index (χ0) is 2.00. The molecule has 2 heteroatoms. The van der Waals surface area contributed by atoms with Gasteiger partial charge >= 0.3 is 0 Å². The summed E-state index contributed by atoms with van der Waals surface area (Å²) in [4.78, 5) is 0. The molecule has 4 heavy (non-hydrogen) atoms. The molecule has 0 radical (unpaired) electrons. The summed E-state index contributed by atoms with van der Waals surface area (Å²) in [5.74, 6) is 0. The Labute approximate surface area is 36.8 Å². The zero-order valence-electron chi connectivity index (χ0n) is 1.91. The van der Waals surface area contributed by atoms with E-state index in [-0.39, 0.29) is 22.8 Å². The van der Waals surface area contributed by atoms with Crippen LogP contribution < -0.4 is 0 Å². The molecule has 0 aromatic heterocycles. The maximum atomic E-state index is 3.00. The fourth-order valence-corrected chi connectivity index (χ4v) is 0. The molecule has 0 atom stereocenters. The first-order chi connectivity index (χ1) is 1.00. The van der Waals surface area contributed by atoms with Gasteiger partial charge in [-0.25, -0.2) is 0 Å². The molecule has 0 aromatic rings. The molecule has 0 amide bonds. The van der Waals surface area contributed by atoms with Crippen molar-refractivity contribution in [3.8, 4) is 0 Å². The van der Waals surface area contributed by atoms with Gasteiger partial charge in [0.2, 0.25) is 0 Å². The highest BCUT2D eigenvalue weighted by atomic mass is 27.0. The van der Waals surface area contributed by atoms with E-state index in [0.717, 1.165) is 0 Å². The molecule has 0 bridgehead atoms. The minimum Gasteiger partial charge on any atom is -0.412 e. The van der Waals surface area contributed by atoms with Gasteiger partial charge in [0.15, 0.2) is 17.4 Å². The van der Waals surface area contributed by atoms with E-state index in [2.05, 4.69) is 13.2 Å². The smallest absolute Gasteiger partial charge is 0.187 e. The van der Waals surface area contributed by atoms with E-state index in [9.17, 15) is 0 Å². The normalized spacial score (nSPS) is 1.00. The third-order valence-corrected chi connectivity index (χ3v) is 0. The summed E-state index contributed by atoms with van der Waals surface area (Å²) < 4.78 is 0. The summed E-state index contributed by atoms with van der Waals surface area (Å²) >= 11 is 0. The molecule has 26 valence electrons. The molecule has 0 saturated heterocycles. The van der Waals surface area contributed by atoms with Gasteiger partial charge in [-0.1, -0.05) is 0 Å². The lowest BCUT2D eigenvalue weighted by molar-refractivity contribution is 0.824. The lowest BCUT2D eigenvalue weighted by Gasteiger charge is -0.813. The Morgan fingerprint density at radius 2 is 1.00 bits per heavy atom. The molecule has 0 fully saturated rings. The van der Waals surface area contributed by atoms with Gasteiger partial charge in [-0.05, 0) is 0 Å². The van der Waals surface area contributed by atoms with Crippen LogP contribution in [-0.4, -0.2) is 22.8 Å². The van der Waals surface area contributed by atoms with Gasteiger partial charge in [0, 0.05) is 0 Å². The minimum atomic E-state index is 0. The van der Waals surface area contributed by atoms with Crippen molar-refractivity contribution in [2.45, 2.75) is 0 Å². The Bertz CT molecular complexity index is 6.00. The molecule has 0 spiro atoms. The molecule has 0 aromatic carbocycles. The van der Waals surface area contributed by atoms with Crippen LogP contribution in [-0.2, 0) is 0 Å². The maximum Gasteiger partial charge on any atom is 0.187 e. The van der Waals surface area contributed by atoms with Crippen molar-refractivity contribution in [3.63, 3.8) is 0 Å². The summed E-state index contributed by atoms with van der Waals surface area (Å²) in [6.07, 6.45) is 0. The highest BCUT2D eigenvalue weighted by Gasteiger charge is 0.601. The molecular formula is C2H9AlO. The average Bonchev–Trinajstić information content (AvgIpc) is 1.00. The molecule has 0 aliphatic rings. The Morgan fingerprint density at radius 1 is 1.00 bits per heavy atom. The zero-order valence-corrected chi connectivity index (χ0v) is 1.91. The first-order valence-electron chi connectivity index (χ1n) is 0.500. The van der Waals surface area contributed by atoms with Crippen LogP contribution in [0.1, 0.15) is 0 Å². The quantitative estimate of drug-likeness (QED) is 0.256. The van der Waals surface area contributed by atoms with Gasteiger partial charge in [-0.2, -0.15) is 0 Å². The van der Waals surface area contributed by atoms with Gasteiger partial charge in [0.25, 0.3) is 0 Å². The van der Waals surface area contributed by atoms with E-state index in [4.69, 9.17) is 0 Å². The average molecular weight is 76.1 g/mol. The van der Waals surface area contributed by atoms with Gasteiger partial charge < -0.3 is 5.48 Å². The third kappa shape index (κ3) is 62.7. The second kappa shape index (κ2) is 298. The van der Waals surface area contributed by atoms with Crippen LogP contribution in [0.15, 0.2) is 13.2 Å². The lowest BCUT2D eigenvalue weighted by Crippen LogP contribution is -0.552. The molecule has 0 saturated carbocycles. The van der Waals surface area contributed by atoms with Crippen LogP contribution >= 0.6 is 0 Å². The SMILES string of the molecule is C=C.O.[AlH3]. The number of rotatable bonds is 0. The van der Waals surface area contributed by atoms with E-state index in [1.165, 1.54) is 0 Å². The maximum absolute atomic E-state index is 3.00. The van der Waals surface area contributed by atoms with E-state index in [1.54, 1.807) is 0 Å². The Morgan fingerprint density at radius 3 is 1.00 bits per heavy atom. The summed E-state index contributed by atoms with van der Waals surface area (Å²) in [7, 11) is 0. The van der Waals surface area contributed by atoms with Crippen molar-refractivity contribution in [2.75, 3.05) is 0 Å². The van der Waals surface area contributed by atoms with Crippen molar-refractivity contribution >= 4 is 17.4 Å². The predicted octanol–water partition coefficient (Wildman–Crippen LogP) is -1.21. The molecule has 2 N–H and O–H groups in total. The molecule has 0 heterocycles. The number of hydrogen-bond acceptors (Lipinski definition) is 0. The lowest BCUT2D eigenvalue weighted by atomic mass is 11.3. The fraction of sp³-hybridized carbons (Fsp3) is 0. The van der Waals surface area contributed by atoms with Crippen LogP contribution in [0.3, 0.4) is 0 Å². The van der Waals surface area contributed by atoms with Gasteiger partial charge in [-0.3, -0.25) is 0 Å². The first kappa shape index (κ1) is 29.1. The van der Waals surface area contributed by atoms with E-state index in [0.29, 0.717) is 0 Å². The third-order valence-electron chi connectivity index (χ3n) is 0. The van der Waals surface area contributed by atoms with Crippen LogP contribution in [0.25, 0.3) is 0 Å².